The van der Waals surface area contributed by atoms with Crippen LogP contribution in [0.15, 0.2) is 53.7 Å². The molecule has 1 aliphatic heterocycles. The smallest absolute Gasteiger partial charge is 0.251 e. The van der Waals surface area contributed by atoms with Crippen LogP contribution < -0.4 is 10.2 Å². The van der Waals surface area contributed by atoms with Crippen LogP contribution >= 0.6 is 0 Å². The maximum absolute atomic E-state index is 12.6. The van der Waals surface area contributed by atoms with E-state index in [4.69, 9.17) is 0 Å². The zero-order valence-electron chi connectivity index (χ0n) is 17.0. The number of rotatable bonds is 4. The largest absolute Gasteiger partial charge is 0.356 e. The van der Waals surface area contributed by atoms with E-state index in [1.54, 1.807) is 18.2 Å². The monoisotopic (exact) mass is 424 g/mol. The van der Waals surface area contributed by atoms with Gasteiger partial charge >= 0.3 is 0 Å². The van der Waals surface area contributed by atoms with E-state index in [-0.39, 0.29) is 16.8 Å². The number of carbonyl (C=O) groups is 1. The van der Waals surface area contributed by atoms with Gasteiger partial charge in [0.1, 0.15) is 12.1 Å². The molecule has 1 amide bonds. The van der Waals surface area contributed by atoms with Crippen LogP contribution in [0.25, 0.3) is 10.9 Å². The number of aryl methyl sites for hydroxylation is 1. The molecule has 0 bridgehead atoms. The molecule has 3 aromatic rings. The van der Waals surface area contributed by atoms with Gasteiger partial charge in [-0.25, -0.2) is 18.4 Å². The third-order valence-electron chi connectivity index (χ3n) is 5.53. The van der Waals surface area contributed by atoms with Crippen molar-refractivity contribution in [2.45, 2.75) is 30.7 Å². The highest BCUT2D eigenvalue weighted by molar-refractivity contribution is 7.90. The van der Waals surface area contributed by atoms with Gasteiger partial charge in [0.05, 0.1) is 10.4 Å². The number of fused-ring (bicyclic) bond motifs is 1. The lowest BCUT2D eigenvalue weighted by Gasteiger charge is -2.33. The minimum absolute atomic E-state index is 0.0446. The lowest BCUT2D eigenvalue weighted by molar-refractivity contribution is 0.0930. The van der Waals surface area contributed by atoms with Gasteiger partial charge in [0.2, 0.25) is 0 Å². The van der Waals surface area contributed by atoms with E-state index in [1.165, 1.54) is 12.6 Å². The summed E-state index contributed by atoms with van der Waals surface area (Å²) in [5, 5.41) is 3.86. The number of piperidine rings is 1. The van der Waals surface area contributed by atoms with E-state index in [1.807, 2.05) is 31.2 Å². The quantitative estimate of drug-likeness (QED) is 0.692. The molecule has 0 spiro atoms. The lowest BCUT2D eigenvalue weighted by atomic mass is 10.0. The Morgan fingerprint density at radius 1 is 1.10 bits per heavy atom. The number of hydrogen-bond donors (Lipinski definition) is 1. The molecular weight excluding hydrogens is 400 g/mol. The summed E-state index contributed by atoms with van der Waals surface area (Å²) in [5.74, 6) is 0.686. The third kappa shape index (κ3) is 4.14. The van der Waals surface area contributed by atoms with E-state index >= 15 is 0 Å². The molecule has 4 rings (SSSR count). The summed E-state index contributed by atoms with van der Waals surface area (Å²) in [5.41, 5.74) is 2.37. The molecule has 7 nitrogen and oxygen atoms in total. The second-order valence-corrected chi connectivity index (χ2v) is 9.71. The van der Waals surface area contributed by atoms with Crippen molar-refractivity contribution in [3.05, 3.63) is 59.9 Å². The first-order valence-corrected chi connectivity index (χ1v) is 11.8. The van der Waals surface area contributed by atoms with Crippen molar-refractivity contribution in [3.8, 4) is 0 Å². The normalized spacial score (nSPS) is 15.3. The molecule has 30 heavy (non-hydrogen) atoms. The first kappa shape index (κ1) is 20.3. The van der Waals surface area contributed by atoms with E-state index < -0.39 is 9.84 Å². The fourth-order valence-electron chi connectivity index (χ4n) is 3.83. The van der Waals surface area contributed by atoms with Gasteiger partial charge in [-0.2, -0.15) is 0 Å². The molecule has 2 aromatic carbocycles. The molecule has 0 radical (unpaired) electrons. The highest BCUT2D eigenvalue weighted by Crippen LogP contribution is 2.28. The molecule has 0 unspecified atom stereocenters. The molecule has 1 aliphatic rings. The minimum atomic E-state index is -3.32. The number of aromatic nitrogens is 2. The number of carbonyl (C=O) groups excluding carboxylic acids is 1. The van der Waals surface area contributed by atoms with Crippen LogP contribution in [0, 0.1) is 6.92 Å². The summed E-state index contributed by atoms with van der Waals surface area (Å²) < 4.78 is 23.9. The van der Waals surface area contributed by atoms with Gasteiger partial charge in [0.15, 0.2) is 9.84 Å². The Morgan fingerprint density at radius 2 is 1.83 bits per heavy atom. The summed E-state index contributed by atoms with van der Waals surface area (Å²) in [6, 6.07) is 12.6. The Kier molecular flexibility index (Phi) is 5.42. The van der Waals surface area contributed by atoms with Crippen molar-refractivity contribution in [3.63, 3.8) is 0 Å². The van der Waals surface area contributed by atoms with Crippen LogP contribution in [-0.4, -0.2) is 49.7 Å². The molecule has 1 N–H and O–H groups in total. The fraction of sp³-hybridized carbons (Fsp3) is 0.318. The van der Waals surface area contributed by atoms with Crippen LogP contribution in [-0.2, 0) is 9.84 Å². The molecule has 0 atom stereocenters. The van der Waals surface area contributed by atoms with E-state index in [9.17, 15) is 13.2 Å². The molecule has 156 valence electrons. The third-order valence-corrected chi connectivity index (χ3v) is 6.64. The Hall–Kier alpha value is -3.00. The van der Waals surface area contributed by atoms with Crippen LogP contribution in [0.2, 0.25) is 0 Å². The van der Waals surface area contributed by atoms with Gasteiger partial charge in [0.25, 0.3) is 5.91 Å². The van der Waals surface area contributed by atoms with Crippen molar-refractivity contribution in [1.82, 2.24) is 15.3 Å². The van der Waals surface area contributed by atoms with Crippen LogP contribution in [0.5, 0.6) is 0 Å². The van der Waals surface area contributed by atoms with E-state index in [0.29, 0.717) is 24.2 Å². The number of amides is 1. The van der Waals surface area contributed by atoms with E-state index in [2.05, 4.69) is 20.2 Å². The number of hydrogen-bond acceptors (Lipinski definition) is 6. The number of nitrogens with zero attached hydrogens (tertiary/aromatic N) is 3. The van der Waals surface area contributed by atoms with Gasteiger partial charge < -0.3 is 10.2 Å². The Bertz CT molecular complexity index is 1200. The lowest BCUT2D eigenvalue weighted by Crippen LogP contribution is -2.45. The molecule has 2 heterocycles. The SMILES string of the molecule is Cc1ccccc1C(=O)NC1CCN(c2ncnc3ccc(S(C)(=O)=O)cc23)CC1. The predicted molar refractivity (Wildman–Crippen MR) is 117 cm³/mol. The molecule has 1 aromatic heterocycles. The molecule has 1 saturated heterocycles. The standard InChI is InChI=1S/C22H24N4O3S/c1-15-5-3-4-6-18(15)22(27)25-16-9-11-26(12-10-16)21-19-13-17(30(2,28)29)7-8-20(19)23-14-24-21/h3-8,13-14,16H,9-12H2,1-2H3,(H,25,27). The fourth-order valence-corrected chi connectivity index (χ4v) is 4.48. The Labute approximate surface area is 176 Å². The topological polar surface area (TPSA) is 92.3 Å². The average molecular weight is 425 g/mol. The van der Waals surface area contributed by atoms with Gasteiger partial charge in [-0.3, -0.25) is 4.79 Å². The zero-order valence-corrected chi connectivity index (χ0v) is 17.8. The molecular formula is C22H24N4O3S. The average Bonchev–Trinajstić information content (AvgIpc) is 2.73. The maximum atomic E-state index is 12.6. The van der Waals surface area contributed by atoms with Crippen molar-refractivity contribution < 1.29 is 13.2 Å². The number of sulfone groups is 1. The first-order chi connectivity index (χ1) is 14.3. The van der Waals surface area contributed by atoms with Crippen molar-refractivity contribution in [1.29, 1.82) is 0 Å². The van der Waals surface area contributed by atoms with Gasteiger partial charge in [-0.05, 0) is 49.6 Å². The van der Waals surface area contributed by atoms with Crippen LogP contribution in [0.4, 0.5) is 5.82 Å². The second kappa shape index (κ2) is 8.02. The highest BCUT2D eigenvalue weighted by Gasteiger charge is 2.24. The Balaban J connectivity index is 1.50. The number of benzene rings is 2. The molecule has 8 heteroatoms. The van der Waals surface area contributed by atoms with Gasteiger partial charge in [-0.15, -0.1) is 0 Å². The predicted octanol–water partition coefficient (Wildman–Crippen LogP) is 2.74. The van der Waals surface area contributed by atoms with Crippen LogP contribution in [0.1, 0.15) is 28.8 Å². The van der Waals surface area contributed by atoms with Gasteiger partial charge in [-0.1, -0.05) is 18.2 Å². The summed E-state index contributed by atoms with van der Waals surface area (Å²) in [6.07, 6.45) is 4.27. The minimum Gasteiger partial charge on any atom is -0.356 e. The number of nitrogens with one attached hydrogen (secondary N) is 1. The van der Waals surface area contributed by atoms with E-state index in [0.717, 1.165) is 29.6 Å². The summed E-state index contributed by atoms with van der Waals surface area (Å²) in [6.45, 7) is 3.37. The molecule has 0 aliphatic carbocycles. The summed E-state index contributed by atoms with van der Waals surface area (Å²) in [4.78, 5) is 23.7. The summed E-state index contributed by atoms with van der Waals surface area (Å²) in [7, 11) is -3.32. The van der Waals surface area contributed by atoms with Crippen molar-refractivity contribution in [2.24, 2.45) is 0 Å². The zero-order chi connectivity index (χ0) is 21.3. The Morgan fingerprint density at radius 3 is 2.53 bits per heavy atom. The molecule has 0 saturated carbocycles. The van der Waals surface area contributed by atoms with Crippen molar-refractivity contribution >= 4 is 32.5 Å². The second-order valence-electron chi connectivity index (χ2n) is 7.70. The summed E-state index contributed by atoms with van der Waals surface area (Å²) >= 11 is 0. The first-order valence-electron chi connectivity index (χ1n) is 9.89. The molecule has 1 fully saturated rings. The van der Waals surface area contributed by atoms with Gasteiger partial charge in [0, 0.05) is 36.3 Å². The van der Waals surface area contributed by atoms with Crippen molar-refractivity contribution in [2.75, 3.05) is 24.2 Å². The van der Waals surface area contributed by atoms with Crippen LogP contribution in [0.3, 0.4) is 0 Å². The number of anilines is 1. The maximum Gasteiger partial charge on any atom is 0.251 e. The highest BCUT2D eigenvalue weighted by atomic mass is 32.2.